The standard InChI is InChI=1S/C13H11FN2O3S/c1-9(13-3-2-6-19-13)16-20(17,18)11-4-5-12(14)10(7-11)8-15/h2-7,9,16H,1H3. The van der Waals surface area contributed by atoms with Crippen molar-refractivity contribution in [3.8, 4) is 6.07 Å². The van der Waals surface area contributed by atoms with Gasteiger partial charge in [-0.1, -0.05) is 0 Å². The van der Waals surface area contributed by atoms with Crippen LogP contribution in [0.3, 0.4) is 0 Å². The Morgan fingerprint density at radius 3 is 2.75 bits per heavy atom. The van der Waals surface area contributed by atoms with Gasteiger partial charge in [0.2, 0.25) is 10.0 Å². The van der Waals surface area contributed by atoms with Crippen LogP contribution in [0.15, 0.2) is 45.9 Å². The highest BCUT2D eigenvalue weighted by Gasteiger charge is 2.21. The molecule has 0 bridgehead atoms. The molecule has 0 radical (unpaired) electrons. The lowest BCUT2D eigenvalue weighted by atomic mass is 10.2. The zero-order valence-corrected chi connectivity index (χ0v) is 11.3. The molecule has 7 heteroatoms. The molecule has 2 aromatic rings. The molecule has 1 atom stereocenters. The average molecular weight is 294 g/mol. The number of benzene rings is 1. The fourth-order valence-corrected chi connectivity index (χ4v) is 2.89. The fourth-order valence-electron chi connectivity index (χ4n) is 1.65. The van der Waals surface area contributed by atoms with Gasteiger partial charge in [0.15, 0.2) is 0 Å². The van der Waals surface area contributed by atoms with E-state index in [4.69, 9.17) is 9.68 Å². The number of nitriles is 1. The molecule has 0 spiro atoms. The maximum atomic E-state index is 13.2. The molecule has 0 aliphatic rings. The van der Waals surface area contributed by atoms with E-state index < -0.39 is 21.9 Å². The maximum absolute atomic E-state index is 13.2. The smallest absolute Gasteiger partial charge is 0.241 e. The first kappa shape index (κ1) is 14.2. The summed E-state index contributed by atoms with van der Waals surface area (Å²) in [5, 5.41) is 8.72. The van der Waals surface area contributed by atoms with Gasteiger partial charge in [0.1, 0.15) is 17.6 Å². The average Bonchev–Trinajstić information content (AvgIpc) is 2.92. The highest BCUT2D eigenvalue weighted by atomic mass is 32.2. The van der Waals surface area contributed by atoms with Crippen LogP contribution in [0.2, 0.25) is 0 Å². The zero-order valence-electron chi connectivity index (χ0n) is 10.5. The number of hydrogen-bond donors (Lipinski definition) is 1. The van der Waals surface area contributed by atoms with Crippen LogP contribution in [-0.2, 0) is 10.0 Å². The summed E-state index contributed by atoms with van der Waals surface area (Å²) in [7, 11) is -3.86. The van der Waals surface area contributed by atoms with Crippen molar-refractivity contribution in [2.75, 3.05) is 0 Å². The highest BCUT2D eigenvalue weighted by molar-refractivity contribution is 7.89. The second-order valence-corrected chi connectivity index (χ2v) is 5.83. The van der Waals surface area contributed by atoms with Crippen molar-refractivity contribution in [1.29, 1.82) is 5.26 Å². The molecular formula is C13H11FN2O3S. The quantitative estimate of drug-likeness (QED) is 0.938. The molecule has 1 unspecified atom stereocenters. The molecule has 1 heterocycles. The third-order valence-corrected chi connectivity index (χ3v) is 4.21. The van der Waals surface area contributed by atoms with E-state index >= 15 is 0 Å². The van der Waals surface area contributed by atoms with E-state index in [-0.39, 0.29) is 10.5 Å². The topological polar surface area (TPSA) is 83.1 Å². The minimum atomic E-state index is -3.86. The van der Waals surface area contributed by atoms with Crippen LogP contribution in [0.25, 0.3) is 0 Å². The number of nitrogens with one attached hydrogen (secondary N) is 1. The Bertz CT molecular complexity index is 748. The van der Waals surface area contributed by atoms with Crippen LogP contribution in [0.4, 0.5) is 4.39 Å². The molecule has 0 saturated carbocycles. The zero-order chi connectivity index (χ0) is 14.8. The number of halogens is 1. The second kappa shape index (κ2) is 5.45. The van der Waals surface area contributed by atoms with Crippen LogP contribution in [-0.4, -0.2) is 8.42 Å². The molecule has 0 aliphatic carbocycles. The Morgan fingerprint density at radius 2 is 2.15 bits per heavy atom. The first-order chi connectivity index (χ1) is 9.44. The molecule has 0 aliphatic heterocycles. The van der Waals surface area contributed by atoms with E-state index in [1.807, 2.05) is 0 Å². The summed E-state index contributed by atoms with van der Waals surface area (Å²) in [4.78, 5) is -0.172. The lowest BCUT2D eigenvalue weighted by Gasteiger charge is -2.12. The van der Waals surface area contributed by atoms with Gasteiger partial charge in [-0.15, -0.1) is 0 Å². The lowest BCUT2D eigenvalue weighted by Crippen LogP contribution is -2.26. The summed E-state index contributed by atoms with van der Waals surface area (Å²) in [6, 6.07) is 7.35. The largest absolute Gasteiger partial charge is 0.468 e. The monoisotopic (exact) mass is 294 g/mol. The summed E-state index contributed by atoms with van der Waals surface area (Å²) in [5.41, 5.74) is -0.321. The fraction of sp³-hybridized carbons (Fsp3) is 0.154. The third kappa shape index (κ3) is 2.87. The molecule has 1 aromatic heterocycles. The Labute approximate surface area is 115 Å². The van der Waals surface area contributed by atoms with E-state index in [1.165, 1.54) is 6.26 Å². The van der Waals surface area contributed by atoms with Crippen molar-refractivity contribution < 1.29 is 17.2 Å². The van der Waals surface area contributed by atoms with Gasteiger partial charge in [0.25, 0.3) is 0 Å². The molecule has 5 nitrogen and oxygen atoms in total. The van der Waals surface area contributed by atoms with Crippen molar-refractivity contribution in [3.05, 3.63) is 53.7 Å². The van der Waals surface area contributed by atoms with Crippen LogP contribution < -0.4 is 4.72 Å². The Morgan fingerprint density at radius 1 is 1.40 bits per heavy atom. The van der Waals surface area contributed by atoms with Gasteiger partial charge >= 0.3 is 0 Å². The van der Waals surface area contributed by atoms with E-state index in [9.17, 15) is 12.8 Å². The molecule has 1 aromatic carbocycles. The predicted molar refractivity (Wildman–Crippen MR) is 68.6 cm³/mol. The molecule has 0 fully saturated rings. The van der Waals surface area contributed by atoms with Crippen LogP contribution in [0, 0.1) is 17.1 Å². The lowest BCUT2D eigenvalue weighted by molar-refractivity contribution is 0.459. The second-order valence-electron chi connectivity index (χ2n) is 4.11. The number of rotatable bonds is 4. The van der Waals surface area contributed by atoms with Gasteiger partial charge in [-0.05, 0) is 37.3 Å². The third-order valence-electron chi connectivity index (χ3n) is 2.67. The summed E-state index contributed by atoms with van der Waals surface area (Å²) in [6.07, 6.45) is 1.44. The molecule has 0 amide bonds. The van der Waals surface area contributed by atoms with E-state index in [2.05, 4.69) is 4.72 Å². The maximum Gasteiger partial charge on any atom is 0.241 e. The highest BCUT2D eigenvalue weighted by Crippen LogP contribution is 2.19. The summed E-state index contributed by atoms with van der Waals surface area (Å²) >= 11 is 0. The van der Waals surface area contributed by atoms with Gasteiger partial charge in [0, 0.05) is 0 Å². The van der Waals surface area contributed by atoms with E-state index in [0.29, 0.717) is 5.76 Å². The van der Waals surface area contributed by atoms with Crippen molar-refractivity contribution in [2.24, 2.45) is 0 Å². The Kier molecular flexibility index (Phi) is 3.88. The van der Waals surface area contributed by atoms with Crippen LogP contribution in [0.5, 0.6) is 0 Å². The minimum absolute atomic E-state index is 0.172. The van der Waals surface area contributed by atoms with Gasteiger partial charge in [-0.25, -0.2) is 17.5 Å². The Hall–Kier alpha value is -2.17. The number of nitrogens with zero attached hydrogens (tertiary/aromatic N) is 1. The van der Waals surface area contributed by atoms with Crippen LogP contribution in [0.1, 0.15) is 24.3 Å². The van der Waals surface area contributed by atoms with Crippen molar-refractivity contribution >= 4 is 10.0 Å². The molecule has 0 saturated heterocycles. The molecular weight excluding hydrogens is 283 g/mol. The van der Waals surface area contributed by atoms with Gasteiger partial charge < -0.3 is 4.42 Å². The normalized spacial score (nSPS) is 12.8. The molecule has 1 N–H and O–H groups in total. The minimum Gasteiger partial charge on any atom is -0.468 e. The van der Waals surface area contributed by atoms with Crippen molar-refractivity contribution in [2.45, 2.75) is 17.9 Å². The number of furan rings is 1. The SMILES string of the molecule is CC(NS(=O)(=O)c1ccc(F)c(C#N)c1)c1ccco1. The summed E-state index contributed by atoms with van der Waals surface area (Å²) in [5.74, 6) is -0.304. The van der Waals surface area contributed by atoms with E-state index in [1.54, 1.807) is 25.1 Å². The van der Waals surface area contributed by atoms with Gasteiger partial charge in [-0.2, -0.15) is 5.26 Å². The summed E-state index contributed by atoms with van der Waals surface area (Å²) in [6.45, 7) is 1.62. The Balaban J connectivity index is 2.29. The summed E-state index contributed by atoms with van der Waals surface area (Å²) < 4.78 is 45.0. The van der Waals surface area contributed by atoms with Crippen LogP contribution >= 0.6 is 0 Å². The number of hydrogen-bond acceptors (Lipinski definition) is 4. The van der Waals surface area contributed by atoms with Crippen molar-refractivity contribution in [3.63, 3.8) is 0 Å². The van der Waals surface area contributed by atoms with Gasteiger partial charge in [0.05, 0.1) is 22.8 Å². The van der Waals surface area contributed by atoms with Gasteiger partial charge in [-0.3, -0.25) is 0 Å². The number of sulfonamides is 1. The predicted octanol–water partition coefficient (Wildman–Crippen LogP) is 2.33. The molecule has 104 valence electrons. The molecule has 2 rings (SSSR count). The first-order valence-corrected chi connectivity index (χ1v) is 7.18. The van der Waals surface area contributed by atoms with Crippen molar-refractivity contribution in [1.82, 2.24) is 4.72 Å². The first-order valence-electron chi connectivity index (χ1n) is 5.69. The molecule has 20 heavy (non-hydrogen) atoms. The van der Waals surface area contributed by atoms with E-state index in [0.717, 1.165) is 18.2 Å².